The second-order valence-corrected chi connectivity index (χ2v) is 4.91. The normalized spacial score (nSPS) is 14.3. The van der Waals surface area contributed by atoms with Crippen LogP contribution < -0.4 is 11.1 Å². The number of carbonyl (C=O) groups is 1. The quantitative estimate of drug-likeness (QED) is 0.495. The molecule has 1 aromatic rings. The number of nitrogens with one attached hydrogen (secondary N) is 1. The molecule has 104 valence electrons. The van der Waals surface area contributed by atoms with Gasteiger partial charge in [0.15, 0.2) is 0 Å². The molecule has 5 heteroatoms. The minimum atomic E-state index is -0.948. The number of nitrogen functional groups attached to an aromatic ring is 1. The molecule has 0 aliphatic heterocycles. The fourth-order valence-electron chi connectivity index (χ4n) is 1.77. The lowest BCUT2D eigenvalue weighted by Crippen LogP contribution is -2.09. The van der Waals surface area contributed by atoms with E-state index in [9.17, 15) is 4.79 Å². The Morgan fingerprint density at radius 2 is 2.26 bits per heavy atom. The van der Waals surface area contributed by atoms with Gasteiger partial charge in [-0.1, -0.05) is 0 Å². The molecule has 1 fully saturated rings. The van der Waals surface area contributed by atoms with Gasteiger partial charge in [-0.05, 0) is 43.4 Å². The Kier molecular flexibility index (Phi) is 4.63. The molecule has 1 aliphatic carbocycles. The summed E-state index contributed by atoms with van der Waals surface area (Å²) in [5.74, 6) is -0.160. The smallest absolute Gasteiger partial charge is 0.335 e. The van der Waals surface area contributed by atoms with Crippen LogP contribution in [-0.2, 0) is 4.74 Å². The highest BCUT2D eigenvalue weighted by atomic mass is 16.5. The van der Waals surface area contributed by atoms with Gasteiger partial charge in [-0.25, -0.2) is 4.79 Å². The molecule has 0 atom stereocenters. The predicted octanol–water partition coefficient (Wildman–Crippen LogP) is 2.20. The molecule has 1 aliphatic rings. The standard InChI is InChI=1S/C14H20N2O3/c15-12-5-4-11(14(17)18)8-13(12)16-6-1-7-19-9-10-2-3-10/h4-5,8,10,16H,1-3,6-7,9,15H2,(H,17,18). The number of anilines is 2. The molecule has 4 N–H and O–H groups in total. The van der Waals surface area contributed by atoms with Gasteiger partial charge in [0.2, 0.25) is 0 Å². The van der Waals surface area contributed by atoms with E-state index in [1.54, 1.807) is 12.1 Å². The van der Waals surface area contributed by atoms with Gasteiger partial charge in [0.1, 0.15) is 0 Å². The summed E-state index contributed by atoms with van der Waals surface area (Å²) < 4.78 is 5.52. The lowest BCUT2D eigenvalue weighted by Gasteiger charge is -2.10. The number of hydrogen-bond donors (Lipinski definition) is 3. The summed E-state index contributed by atoms with van der Waals surface area (Å²) in [6.45, 7) is 2.32. The fourth-order valence-corrected chi connectivity index (χ4v) is 1.77. The van der Waals surface area contributed by atoms with Crippen molar-refractivity contribution in [3.8, 4) is 0 Å². The SMILES string of the molecule is Nc1ccc(C(=O)O)cc1NCCCOCC1CC1. The van der Waals surface area contributed by atoms with E-state index >= 15 is 0 Å². The van der Waals surface area contributed by atoms with Crippen LogP contribution in [0.4, 0.5) is 11.4 Å². The number of aromatic carboxylic acids is 1. The van der Waals surface area contributed by atoms with Gasteiger partial charge in [-0.3, -0.25) is 0 Å². The third-order valence-electron chi connectivity index (χ3n) is 3.13. The molecule has 1 saturated carbocycles. The lowest BCUT2D eigenvalue weighted by atomic mass is 10.1. The zero-order chi connectivity index (χ0) is 13.7. The summed E-state index contributed by atoms with van der Waals surface area (Å²) in [5.41, 5.74) is 7.26. The largest absolute Gasteiger partial charge is 0.478 e. The fraction of sp³-hybridized carbons (Fsp3) is 0.500. The molecule has 0 bridgehead atoms. The first-order chi connectivity index (χ1) is 9.16. The van der Waals surface area contributed by atoms with Crippen LogP contribution in [0.2, 0.25) is 0 Å². The Balaban J connectivity index is 1.71. The monoisotopic (exact) mass is 264 g/mol. The van der Waals surface area contributed by atoms with E-state index in [4.69, 9.17) is 15.6 Å². The highest BCUT2D eigenvalue weighted by Gasteiger charge is 2.20. The number of carboxylic acid groups (broad SMARTS) is 1. The second-order valence-electron chi connectivity index (χ2n) is 4.91. The van der Waals surface area contributed by atoms with Gasteiger partial charge < -0.3 is 20.9 Å². The molecular weight excluding hydrogens is 244 g/mol. The van der Waals surface area contributed by atoms with E-state index in [1.165, 1.54) is 18.9 Å². The number of benzene rings is 1. The van der Waals surface area contributed by atoms with Crippen LogP contribution in [0.25, 0.3) is 0 Å². The second kappa shape index (κ2) is 6.43. The van der Waals surface area contributed by atoms with Gasteiger partial charge >= 0.3 is 5.97 Å². The summed E-state index contributed by atoms with van der Waals surface area (Å²) in [7, 11) is 0. The third kappa shape index (κ3) is 4.44. The van der Waals surface area contributed by atoms with Gasteiger partial charge in [-0.15, -0.1) is 0 Å². The van der Waals surface area contributed by atoms with Crippen molar-refractivity contribution in [1.29, 1.82) is 0 Å². The van der Waals surface area contributed by atoms with E-state index in [0.29, 0.717) is 11.4 Å². The molecule has 0 unspecified atom stereocenters. The summed E-state index contributed by atoms with van der Waals surface area (Å²) in [5, 5.41) is 12.1. The van der Waals surface area contributed by atoms with Crippen LogP contribution in [0, 0.1) is 5.92 Å². The van der Waals surface area contributed by atoms with E-state index in [-0.39, 0.29) is 5.56 Å². The van der Waals surface area contributed by atoms with Crippen molar-refractivity contribution in [2.75, 3.05) is 30.8 Å². The van der Waals surface area contributed by atoms with Crippen LogP contribution in [0.1, 0.15) is 29.6 Å². The lowest BCUT2D eigenvalue weighted by molar-refractivity contribution is 0.0697. The van der Waals surface area contributed by atoms with Gasteiger partial charge in [-0.2, -0.15) is 0 Å². The maximum Gasteiger partial charge on any atom is 0.335 e. The van der Waals surface area contributed by atoms with Crippen LogP contribution in [0.3, 0.4) is 0 Å². The van der Waals surface area contributed by atoms with Gasteiger partial charge in [0.05, 0.1) is 16.9 Å². The number of hydrogen-bond acceptors (Lipinski definition) is 4. The molecule has 0 amide bonds. The Labute approximate surface area is 112 Å². The minimum Gasteiger partial charge on any atom is -0.478 e. The molecule has 5 nitrogen and oxygen atoms in total. The van der Waals surface area contributed by atoms with Crippen LogP contribution in [-0.4, -0.2) is 30.8 Å². The number of rotatable bonds is 8. The Morgan fingerprint density at radius 3 is 2.95 bits per heavy atom. The molecule has 1 aromatic carbocycles. The zero-order valence-corrected chi connectivity index (χ0v) is 10.9. The van der Waals surface area contributed by atoms with Crippen molar-refractivity contribution < 1.29 is 14.6 Å². The molecule has 0 heterocycles. The Morgan fingerprint density at radius 1 is 1.47 bits per heavy atom. The maximum atomic E-state index is 10.9. The van der Waals surface area contributed by atoms with Crippen molar-refractivity contribution in [1.82, 2.24) is 0 Å². The molecule has 2 rings (SSSR count). The van der Waals surface area contributed by atoms with Crippen molar-refractivity contribution >= 4 is 17.3 Å². The number of ether oxygens (including phenoxy) is 1. The summed E-state index contributed by atoms with van der Waals surface area (Å²) in [6.07, 6.45) is 3.48. The Bertz CT molecular complexity index is 444. The van der Waals surface area contributed by atoms with Gasteiger partial charge in [0, 0.05) is 19.8 Å². The average molecular weight is 264 g/mol. The van der Waals surface area contributed by atoms with Crippen molar-refractivity contribution in [2.24, 2.45) is 5.92 Å². The van der Waals surface area contributed by atoms with E-state index in [0.717, 1.165) is 32.1 Å². The first kappa shape index (κ1) is 13.7. The van der Waals surface area contributed by atoms with E-state index in [2.05, 4.69) is 5.32 Å². The molecule has 0 aromatic heterocycles. The molecule has 0 saturated heterocycles. The molecule has 19 heavy (non-hydrogen) atoms. The first-order valence-corrected chi connectivity index (χ1v) is 6.61. The molecule has 0 radical (unpaired) electrons. The zero-order valence-electron chi connectivity index (χ0n) is 10.9. The van der Waals surface area contributed by atoms with E-state index < -0.39 is 5.97 Å². The summed E-state index contributed by atoms with van der Waals surface area (Å²) >= 11 is 0. The van der Waals surface area contributed by atoms with Crippen LogP contribution >= 0.6 is 0 Å². The predicted molar refractivity (Wildman–Crippen MR) is 74.5 cm³/mol. The number of nitrogens with two attached hydrogens (primary N) is 1. The molecule has 0 spiro atoms. The summed E-state index contributed by atoms with van der Waals surface area (Å²) in [6, 6.07) is 4.67. The highest BCUT2D eigenvalue weighted by molar-refractivity contribution is 5.90. The van der Waals surface area contributed by atoms with Crippen molar-refractivity contribution in [3.05, 3.63) is 23.8 Å². The summed E-state index contributed by atoms with van der Waals surface area (Å²) in [4.78, 5) is 10.9. The molecular formula is C14H20N2O3. The maximum absolute atomic E-state index is 10.9. The number of carboxylic acids is 1. The van der Waals surface area contributed by atoms with Gasteiger partial charge in [0.25, 0.3) is 0 Å². The van der Waals surface area contributed by atoms with Crippen molar-refractivity contribution in [3.63, 3.8) is 0 Å². The first-order valence-electron chi connectivity index (χ1n) is 6.61. The third-order valence-corrected chi connectivity index (χ3v) is 3.13. The van der Waals surface area contributed by atoms with Crippen LogP contribution in [0.5, 0.6) is 0 Å². The highest BCUT2D eigenvalue weighted by Crippen LogP contribution is 2.28. The average Bonchev–Trinajstić information content (AvgIpc) is 3.19. The minimum absolute atomic E-state index is 0.238. The van der Waals surface area contributed by atoms with Crippen molar-refractivity contribution in [2.45, 2.75) is 19.3 Å². The van der Waals surface area contributed by atoms with Crippen LogP contribution in [0.15, 0.2) is 18.2 Å². The Hall–Kier alpha value is -1.75. The topological polar surface area (TPSA) is 84.6 Å². The van der Waals surface area contributed by atoms with E-state index in [1.807, 2.05) is 0 Å².